The fourth-order valence-corrected chi connectivity index (χ4v) is 10.8. The standard InChI is InChI=1S/C18H33P.C9H7.CH3.Ni/c1-4-10-16(11-5-1)19(17-12-6-2-7-13-17)18-14-8-3-9-15-18;1-2-5-9-7-3-6-8(9)4-1;;/h16-18H,1-15H2;1-7H;1H3;/q;2*-1;+2. The minimum absolute atomic E-state index is 0. The molecule has 3 fully saturated rings. The summed E-state index contributed by atoms with van der Waals surface area (Å²) in [6, 6.07) is 14.7. The molecule has 2 aromatic rings. The van der Waals surface area contributed by atoms with E-state index in [1.54, 1.807) is 77.0 Å². The molecule has 3 aliphatic rings. The fraction of sp³-hybridized carbons (Fsp3) is 0.643. The first-order chi connectivity index (χ1) is 13.9. The molecule has 0 aliphatic heterocycles. The molecule has 170 valence electrons. The molecule has 0 saturated heterocycles. The Kier molecular flexibility index (Phi) is 12.2. The van der Waals surface area contributed by atoms with Gasteiger partial charge >= 0.3 is 16.5 Å². The van der Waals surface area contributed by atoms with Crippen LogP contribution < -0.4 is 0 Å². The van der Waals surface area contributed by atoms with E-state index in [4.69, 9.17) is 0 Å². The van der Waals surface area contributed by atoms with Crippen LogP contribution in [0.1, 0.15) is 96.3 Å². The first-order valence-corrected chi connectivity index (χ1v) is 13.8. The molecule has 0 aromatic heterocycles. The predicted molar refractivity (Wildman–Crippen MR) is 133 cm³/mol. The zero-order valence-corrected chi connectivity index (χ0v) is 21.0. The van der Waals surface area contributed by atoms with Gasteiger partial charge in [0.1, 0.15) is 0 Å². The van der Waals surface area contributed by atoms with Gasteiger partial charge in [-0.05, 0) is 55.5 Å². The van der Waals surface area contributed by atoms with Crippen molar-refractivity contribution in [2.24, 2.45) is 0 Å². The molecule has 2 aromatic carbocycles. The first kappa shape index (κ1) is 26.0. The van der Waals surface area contributed by atoms with Gasteiger partial charge in [-0.25, -0.2) is 0 Å². The Balaban J connectivity index is 0.000000246. The maximum Gasteiger partial charge on any atom is 2.00 e. The van der Waals surface area contributed by atoms with E-state index in [0.717, 1.165) is 0 Å². The van der Waals surface area contributed by atoms with E-state index in [9.17, 15) is 0 Å². The Hall–Kier alpha value is -0.246. The number of hydrogen-bond acceptors (Lipinski definition) is 0. The number of hydrogen-bond donors (Lipinski definition) is 0. The molecule has 0 radical (unpaired) electrons. The summed E-state index contributed by atoms with van der Waals surface area (Å²) < 4.78 is 0. The first-order valence-electron chi connectivity index (χ1n) is 12.3. The summed E-state index contributed by atoms with van der Waals surface area (Å²) in [6.45, 7) is 0. The van der Waals surface area contributed by atoms with Gasteiger partial charge in [0.2, 0.25) is 0 Å². The van der Waals surface area contributed by atoms with Crippen LogP contribution >= 0.6 is 7.92 Å². The Morgan fingerprint density at radius 2 is 1.03 bits per heavy atom. The van der Waals surface area contributed by atoms with Crippen molar-refractivity contribution in [2.75, 3.05) is 0 Å². The van der Waals surface area contributed by atoms with Crippen LogP contribution in [0.15, 0.2) is 42.5 Å². The van der Waals surface area contributed by atoms with Gasteiger partial charge in [0.05, 0.1) is 0 Å². The van der Waals surface area contributed by atoms with Crippen LogP contribution in [-0.2, 0) is 16.5 Å². The quantitative estimate of drug-likeness (QED) is 0.239. The van der Waals surface area contributed by atoms with Crippen LogP contribution in [-0.4, -0.2) is 17.0 Å². The normalized spacial score (nSPS) is 21.4. The van der Waals surface area contributed by atoms with Gasteiger partial charge in [-0.1, -0.05) is 71.8 Å². The third-order valence-electron chi connectivity index (χ3n) is 7.54. The van der Waals surface area contributed by atoms with Crippen LogP contribution in [0.5, 0.6) is 0 Å². The van der Waals surface area contributed by atoms with Crippen molar-refractivity contribution < 1.29 is 16.5 Å². The van der Waals surface area contributed by atoms with E-state index >= 15 is 0 Å². The summed E-state index contributed by atoms with van der Waals surface area (Å²) in [5.41, 5.74) is 3.57. The zero-order chi connectivity index (χ0) is 19.0. The molecular formula is C28H43NiP. The molecule has 0 spiro atoms. The van der Waals surface area contributed by atoms with E-state index in [2.05, 4.69) is 42.5 Å². The minimum atomic E-state index is 0. The molecule has 0 bridgehead atoms. The van der Waals surface area contributed by atoms with Gasteiger partial charge < -0.3 is 7.43 Å². The average molecular weight is 469 g/mol. The van der Waals surface area contributed by atoms with E-state index in [-0.39, 0.29) is 23.9 Å². The molecule has 3 aliphatic carbocycles. The Morgan fingerprint density at radius 3 is 1.47 bits per heavy atom. The monoisotopic (exact) mass is 468 g/mol. The number of rotatable bonds is 3. The molecule has 5 rings (SSSR count). The Bertz CT molecular complexity index is 602. The molecule has 0 N–H and O–H groups in total. The molecule has 3 saturated carbocycles. The molecule has 0 unspecified atom stereocenters. The number of benzene rings is 1. The smallest absolute Gasteiger partial charge is 0.358 e. The molecule has 0 atom stereocenters. The number of fused-ring (bicyclic) bond motifs is 1. The Morgan fingerprint density at radius 1 is 0.600 bits per heavy atom. The largest absolute Gasteiger partial charge is 2.00 e. The third kappa shape index (κ3) is 7.14. The van der Waals surface area contributed by atoms with Gasteiger partial charge in [-0.2, -0.15) is 17.5 Å². The van der Waals surface area contributed by atoms with Gasteiger partial charge in [0.15, 0.2) is 0 Å². The molecule has 30 heavy (non-hydrogen) atoms. The van der Waals surface area contributed by atoms with Gasteiger partial charge in [0.25, 0.3) is 0 Å². The summed E-state index contributed by atoms with van der Waals surface area (Å²) >= 11 is 0. The SMILES string of the molecule is C1CCC(P(C2CCCCC2)C2CCCCC2)CC1.[CH3-].[Ni+2].c1ccc2[cH-]ccc2c1. The van der Waals surface area contributed by atoms with Crippen LogP contribution in [0, 0.1) is 7.43 Å². The van der Waals surface area contributed by atoms with Crippen molar-refractivity contribution in [3.63, 3.8) is 0 Å². The summed E-state index contributed by atoms with van der Waals surface area (Å²) in [4.78, 5) is 0. The van der Waals surface area contributed by atoms with E-state index in [1.165, 1.54) is 47.0 Å². The second kappa shape index (κ2) is 14.0. The van der Waals surface area contributed by atoms with Crippen molar-refractivity contribution in [3.05, 3.63) is 49.9 Å². The van der Waals surface area contributed by atoms with E-state index in [1.807, 2.05) is 0 Å². The predicted octanol–water partition coefficient (Wildman–Crippen LogP) is 9.47. The van der Waals surface area contributed by atoms with Crippen LogP contribution in [0.4, 0.5) is 0 Å². The fourth-order valence-electron chi connectivity index (χ4n) is 6.10. The van der Waals surface area contributed by atoms with Crippen LogP contribution in [0.25, 0.3) is 10.8 Å². The second-order valence-electron chi connectivity index (χ2n) is 9.48. The summed E-state index contributed by atoms with van der Waals surface area (Å²) in [5.74, 6) is 0. The van der Waals surface area contributed by atoms with Crippen LogP contribution in [0.3, 0.4) is 0 Å². The Labute approximate surface area is 198 Å². The molecule has 0 amide bonds. The zero-order valence-electron chi connectivity index (χ0n) is 19.1. The van der Waals surface area contributed by atoms with Crippen molar-refractivity contribution in [2.45, 2.75) is 113 Å². The summed E-state index contributed by atoms with van der Waals surface area (Å²) in [5, 5.41) is 2.66. The maximum atomic E-state index is 2.12. The van der Waals surface area contributed by atoms with Gasteiger partial charge in [-0.3, -0.25) is 0 Å². The molecule has 0 nitrogen and oxygen atoms in total. The maximum absolute atomic E-state index is 2.12. The second-order valence-corrected chi connectivity index (χ2v) is 12.6. The topological polar surface area (TPSA) is 0 Å². The van der Waals surface area contributed by atoms with E-state index in [0.29, 0.717) is 7.92 Å². The van der Waals surface area contributed by atoms with E-state index < -0.39 is 0 Å². The molecule has 0 heterocycles. The molecule has 2 heteroatoms. The minimum Gasteiger partial charge on any atom is -0.358 e. The summed E-state index contributed by atoms with van der Waals surface area (Å²) in [6.07, 6.45) is 23.6. The van der Waals surface area contributed by atoms with Crippen molar-refractivity contribution in [3.8, 4) is 0 Å². The van der Waals surface area contributed by atoms with Crippen molar-refractivity contribution >= 4 is 18.7 Å². The van der Waals surface area contributed by atoms with Crippen molar-refractivity contribution in [1.29, 1.82) is 0 Å². The van der Waals surface area contributed by atoms with Gasteiger partial charge in [0, 0.05) is 0 Å². The third-order valence-corrected chi connectivity index (χ3v) is 11.6. The average Bonchev–Trinajstić information content (AvgIpc) is 3.26. The van der Waals surface area contributed by atoms with Crippen molar-refractivity contribution in [1.82, 2.24) is 0 Å². The summed E-state index contributed by atoms with van der Waals surface area (Å²) in [7, 11) is 0.385. The molecular weight excluding hydrogens is 426 g/mol. The van der Waals surface area contributed by atoms with Crippen LogP contribution in [0.2, 0.25) is 0 Å². The van der Waals surface area contributed by atoms with Gasteiger partial charge in [-0.15, -0.1) is 29.7 Å².